The van der Waals surface area contributed by atoms with E-state index in [2.05, 4.69) is 16.0 Å². The quantitative estimate of drug-likeness (QED) is 0.554. The number of anilines is 3. The topological polar surface area (TPSA) is 87.3 Å². The molecule has 0 aliphatic heterocycles. The molecule has 27 heavy (non-hydrogen) atoms. The molecule has 0 atom stereocenters. The highest BCUT2D eigenvalue weighted by Crippen LogP contribution is 2.20. The Morgan fingerprint density at radius 1 is 0.704 bits per heavy atom. The molecule has 0 spiro atoms. The smallest absolute Gasteiger partial charge is 0.321 e. The van der Waals surface area contributed by atoms with Crippen molar-refractivity contribution in [1.82, 2.24) is 0 Å². The maximum absolute atomic E-state index is 12.3. The maximum Gasteiger partial charge on any atom is 0.323 e. The Hall–Kier alpha value is -3.45. The van der Waals surface area contributed by atoms with Gasteiger partial charge in [0.25, 0.3) is 5.91 Å². The van der Waals surface area contributed by atoms with Crippen LogP contribution < -0.4 is 16.0 Å². The first-order valence-electron chi connectivity index (χ1n) is 8.16. The lowest BCUT2D eigenvalue weighted by Gasteiger charge is -2.09. The van der Waals surface area contributed by atoms with E-state index in [1.54, 1.807) is 48.5 Å². The highest BCUT2D eigenvalue weighted by atomic mass is 32.1. The number of rotatable bonds is 5. The van der Waals surface area contributed by atoms with E-state index in [4.69, 9.17) is 0 Å². The first kappa shape index (κ1) is 18.3. The van der Waals surface area contributed by atoms with Crippen molar-refractivity contribution in [2.45, 2.75) is 6.92 Å². The van der Waals surface area contributed by atoms with Crippen molar-refractivity contribution in [2.24, 2.45) is 0 Å². The van der Waals surface area contributed by atoms with E-state index in [0.717, 1.165) is 11.3 Å². The summed E-state index contributed by atoms with van der Waals surface area (Å²) in [5, 5.41) is 8.20. The molecular weight excluding hydrogens is 362 g/mol. The molecule has 0 radical (unpaired) electrons. The molecule has 2 aromatic carbocycles. The Balaban J connectivity index is 1.63. The van der Waals surface area contributed by atoms with Crippen LogP contribution in [-0.2, 0) is 0 Å². The molecule has 1 aromatic heterocycles. The molecule has 0 aliphatic carbocycles. The number of hydrogen-bond acceptors (Lipinski definition) is 4. The lowest BCUT2D eigenvalue weighted by Crippen LogP contribution is -2.19. The van der Waals surface area contributed by atoms with E-state index >= 15 is 0 Å². The summed E-state index contributed by atoms with van der Waals surface area (Å²) in [6.45, 7) is 1.46. The molecule has 136 valence electrons. The van der Waals surface area contributed by atoms with Gasteiger partial charge in [-0.1, -0.05) is 24.3 Å². The second kappa shape index (κ2) is 8.29. The third kappa shape index (κ3) is 5.02. The van der Waals surface area contributed by atoms with Gasteiger partial charge in [-0.15, -0.1) is 11.3 Å². The average Bonchev–Trinajstić information content (AvgIpc) is 3.13. The number of urea groups is 1. The third-order valence-corrected chi connectivity index (χ3v) is 4.77. The first-order valence-corrected chi connectivity index (χ1v) is 8.98. The highest BCUT2D eigenvalue weighted by molar-refractivity contribution is 7.16. The summed E-state index contributed by atoms with van der Waals surface area (Å²) < 4.78 is 0. The Bertz CT molecular complexity index is 983. The number of carbonyl (C=O) groups is 3. The zero-order chi connectivity index (χ0) is 19.2. The molecule has 0 saturated carbocycles. The molecule has 7 heteroatoms. The molecule has 1 heterocycles. The van der Waals surface area contributed by atoms with E-state index < -0.39 is 0 Å². The number of benzene rings is 2. The summed E-state index contributed by atoms with van der Waals surface area (Å²) in [6, 6.07) is 18.8. The third-order valence-electron chi connectivity index (χ3n) is 3.59. The summed E-state index contributed by atoms with van der Waals surface area (Å²) >= 11 is 1.14. The average molecular weight is 379 g/mol. The van der Waals surface area contributed by atoms with Gasteiger partial charge in [0.15, 0.2) is 5.78 Å². The van der Waals surface area contributed by atoms with Gasteiger partial charge in [-0.3, -0.25) is 9.59 Å². The molecule has 0 aliphatic rings. The fourth-order valence-corrected chi connectivity index (χ4v) is 3.13. The predicted molar refractivity (Wildman–Crippen MR) is 108 cm³/mol. The molecule has 6 nitrogen and oxygen atoms in total. The Kier molecular flexibility index (Phi) is 5.63. The summed E-state index contributed by atoms with van der Waals surface area (Å²) in [4.78, 5) is 36.7. The van der Waals surface area contributed by atoms with Gasteiger partial charge in [-0.2, -0.15) is 0 Å². The van der Waals surface area contributed by atoms with Crippen LogP contribution in [0.5, 0.6) is 0 Å². The normalized spacial score (nSPS) is 10.1. The monoisotopic (exact) mass is 379 g/mol. The van der Waals surface area contributed by atoms with Crippen LogP contribution in [0.1, 0.15) is 26.3 Å². The minimum absolute atomic E-state index is 0.0744. The van der Waals surface area contributed by atoms with Crippen molar-refractivity contribution in [3.63, 3.8) is 0 Å². The van der Waals surface area contributed by atoms with Gasteiger partial charge in [-0.05, 0) is 49.4 Å². The number of ketones is 1. The number of nitrogens with one attached hydrogen (secondary N) is 3. The van der Waals surface area contributed by atoms with Gasteiger partial charge in [0.1, 0.15) is 0 Å². The largest absolute Gasteiger partial charge is 0.323 e. The minimum Gasteiger partial charge on any atom is -0.321 e. The van der Waals surface area contributed by atoms with Gasteiger partial charge >= 0.3 is 6.03 Å². The lowest BCUT2D eigenvalue weighted by atomic mass is 10.2. The van der Waals surface area contributed by atoms with E-state index in [-0.39, 0.29) is 17.7 Å². The van der Waals surface area contributed by atoms with E-state index in [1.807, 2.05) is 18.2 Å². The van der Waals surface area contributed by atoms with Gasteiger partial charge in [0.2, 0.25) is 0 Å². The fourth-order valence-electron chi connectivity index (χ4n) is 2.33. The fraction of sp³-hybridized carbons (Fsp3) is 0.0500. The Morgan fingerprint density at radius 3 is 1.96 bits per heavy atom. The summed E-state index contributed by atoms with van der Waals surface area (Å²) in [5.74, 6) is -0.381. The summed E-state index contributed by atoms with van der Waals surface area (Å²) in [7, 11) is 0. The van der Waals surface area contributed by atoms with E-state index in [0.29, 0.717) is 26.8 Å². The first-order chi connectivity index (χ1) is 13.0. The number of hydrogen-bond donors (Lipinski definition) is 3. The number of para-hydroxylation sites is 1. The number of amides is 3. The maximum atomic E-state index is 12.3. The second-order valence-corrected chi connectivity index (χ2v) is 6.78. The minimum atomic E-state index is -0.381. The van der Waals surface area contributed by atoms with Gasteiger partial charge in [0, 0.05) is 17.1 Å². The molecule has 0 fully saturated rings. The standard InChI is InChI=1S/C20H17N3O3S/c1-13(24)17-10-11-18(27-17)19(25)21-15-8-5-9-16(12-15)23-20(26)22-14-6-3-2-4-7-14/h2-12H,1H3,(H,21,25)(H2,22,23,26). The summed E-state index contributed by atoms with van der Waals surface area (Å²) in [6.07, 6.45) is 0. The molecule has 3 aromatic rings. The van der Waals surface area contributed by atoms with Crippen molar-refractivity contribution in [1.29, 1.82) is 0 Å². The molecule has 3 rings (SSSR count). The molecule has 3 amide bonds. The van der Waals surface area contributed by atoms with Crippen molar-refractivity contribution >= 4 is 46.1 Å². The van der Waals surface area contributed by atoms with Crippen LogP contribution in [0.25, 0.3) is 0 Å². The highest BCUT2D eigenvalue weighted by Gasteiger charge is 2.12. The number of thiophene rings is 1. The van der Waals surface area contributed by atoms with E-state index in [9.17, 15) is 14.4 Å². The molecule has 0 bridgehead atoms. The van der Waals surface area contributed by atoms with Crippen molar-refractivity contribution < 1.29 is 14.4 Å². The van der Waals surface area contributed by atoms with Crippen LogP contribution in [0, 0.1) is 0 Å². The van der Waals surface area contributed by atoms with Crippen LogP contribution in [0.15, 0.2) is 66.7 Å². The predicted octanol–water partition coefficient (Wildman–Crippen LogP) is 4.85. The summed E-state index contributed by atoms with van der Waals surface area (Å²) in [5.41, 5.74) is 1.76. The van der Waals surface area contributed by atoms with Crippen LogP contribution >= 0.6 is 11.3 Å². The van der Waals surface area contributed by atoms with Crippen molar-refractivity contribution in [3.8, 4) is 0 Å². The van der Waals surface area contributed by atoms with Crippen LogP contribution in [0.4, 0.5) is 21.9 Å². The molecule has 3 N–H and O–H groups in total. The molecule has 0 saturated heterocycles. The SMILES string of the molecule is CC(=O)c1ccc(C(=O)Nc2cccc(NC(=O)Nc3ccccc3)c2)s1. The van der Waals surface area contributed by atoms with Gasteiger partial charge < -0.3 is 16.0 Å². The molecular formula is C20H17N3O3S. The second-order valence-electron chi connectivity index (χ2n) is 5.70. The number of Topliss-reactive ketones (excluding diaryl/α,β-unsaturated/α-hetero) is 1. The Labute approximate surface area is 160 Å². The van der Waals surface area contributed by atoms with Crippen LogP contribution in [0.2, 0.25) is 0 Å². The van der Waals surface area contributed by atoms with Crippen LogP contribution in [0.3, 0.4) is 0 Å². The lowest BCUT2D eigenvalue weighted by molar-refractivity contribution is 0.101. The van der Waals surface area contributed by atoms with Crippen molar-refractivity contribution in [2.75, 3.05) is 16.0 Å². The molecule has 0 unspecified atom stereocenters. The number of carbonyl (C=O) groups excluding carboxylic acids is 3. The van der Waals surface area contributed by atoms with Crippen molar-refractivity contribution in [3.05, 3.63) is 76.5 Å². The zero-order valence-electron chi connectivity index (χ0n) is 14.5. The Morgan fingerprint density at radius 2 is 1.30 bits per heavy atom. The zero-order valence-corrected chi connectivity index (χ0v) is 15.3. The van der Waals surface area contributed by atoms with E-state index in [1.165, 1.54) is 6.92 Å². The van der Waals surface area contributed by atoms with Gasteiger partial charge in [-0.25, -0.2) is 4.79 Å². The van der Waals surface area contributed by atoms with Crippen LogP contribution in [-0.4, -0.2) is 17.7 Å². The van der Waals surface area contributed by atoms with Gasteiger partial charge in [0.05, 0.1) is 9.75 Å².